The Morgan fingerprint density at radius 2 is 2.16 bits per heavy atom. The van der Waals surface area contributed by atoms with Gasteiger partial charge in [0.15, 0.2) is 5.69 Å². The minimum atomic E-state index is -3.12. The molecule has 3 rings (SSSR count). The highest BCUT2D eigenvalue weighted by Gasteiger charge is 2.51. The number of nitrogens with zero attached hydrogens (tertiary/aromatic N) is 4. The van der Waals surface area contributed by atoms with Crippen molar-refractivity contribution in [1.29, 1.82) is 0 Å². The van der Waals surface area contributed by atoms with E-state index >= 15 is 0 Å². The van der Waals surface area contributed by atoms with Crippen molar-refractivity contribution in [2.24, 2.45) is 5.41 Å². The minimum Gasteiger partial charge on any atom is -0.336 e. The average Bonchev–Trinajstić information content (AvgIpc) is 2.94. The van der Waals surface area contributed by atoms with Crippen molar-refractivity contribution in [3.8, 4) is 0 Å². The van der Waals surface area contributed by atoms with Crippen LogP contribution in [0.25, 0.3) is 0 Å². The zero-order chi connectivity index (χ0) is 13.7. The van der Waals surface area contributed by atoms with Crippen molar-refractivity contribution in [2.45, 2.75) is 6.42 Å². The monoisotopic (exact) mass is 302 g/mol. The minimum absolute atomic E-state index is 0.0534. The van der Waals surface area contributed by atoms with E-state index in [0.717, 1.165) is 18.0 Å². The molecule has 1 aromatic rings. The lowest BCUT2D eigenvalue weighted by Gasteiger charge is -2.47. The van der Waals surface area contributed by atoms with Gasteiger partial charge in [-0.2, -0.15) is 0 Å². The molecule has 2 aliphatic heterocycles. The van der Waals surface area contributed by atoms with Crippen LogP contribution in [0.5, 0.6) is 0 Å². The molecule has 0 unspecified atom stereocenters. The Morgan fingerprint density at radius 1 is 1.42 bits per heavy atom. The molecule has 0 aromatic carbocycles. The van der Waals surface area contributed by atoms with Gasteiger partial charge in [-0.25, -0.2) is 12.7 Å². The number of amides is 1. The Bertz CT molecular complexity index is 592. The lowest BCUT2D eigenvalue weighted by Crippen LogP contribution is -2.59. The summed E-state index contributed by atoms with van der Waals surface area (Å²) in [7, 11) is -3.12. The summed E-state index contributed by atoms with van der Waals surface area (Å²) < 4.78 is 28.2. The van der Waals surface area contributed by atoms with Gasteiger partial charge < -0.3 is 4.90 Å². The van der Waals surface area contributed by atoms with Crippen LogP contribution in [0.3, 0.4) is 0 Å². The maximum absolute atomic E-state index is 12.0. The Morgan fingerprint density at radius 3 is 2.68 bits per heavy atom. The van der Waals surface area contributed by atoms with Crippen LogP contribution in [0.4, 0.5) is 0 Å². The molecule has 9 heteroatoms. The molecule has 0 atom stereocenters. The van der Waals surface area contributed by atoms with Crippen LogP contribution >= 0.6 is 11.5 Å². The fourth-order valence-electron chi connectivity index (χ4n) is 2.76. The van der Waals surface area contributed by atoms with Crippen molar-refractivity contribution in [2.75, 3.05) is 32.4 Å². The summed E-state index contributed by atoms with van der Waals surface area (Å²) in [5.74, 6) is -0.114. The van der Waals surface area contributed by atoms with Gasteiger partial charge in [-0.15, -0.1) is 5.10 Å². The highest BCUT2D eigenvalue weighted by Crippen LogP contribution is 2.40. The quantitative estimate of drug-likeness (QED) is 0.745. The van der Waals surface area contributed by atoms with E-state index in [1.54, 1.807) is 10.3 Å². The third kappa shape index (κ3) is 2.26. The molecular formula is C10H14N4O3S2. The zero-order valence-corrected chi connectivity index (χ0v) is 12.1. The van der Waals surface area contributed by atoms with Gasteiger partial charge in [0.2, 0.25) is 10.0 Å². The SMILES string of the molecule is CS(=O)(=O)N1CCC2(CN(C(=O)c3csnn3)C2)C1. The van der Waals surface area contributed by atoms with E-state index in [1.807, 2.05) is 0 Å². The number of hydrogen-bond acceptors (Lipinski definition) is 6. The topological polar surface area (TPSA) is 83.5 Å². The third-order valence-electron chi connectivity index (χ3n) is 3.79. The largest absolute Gasteiger partial charge is 0.336 e. The van der Waals surface area contributed by atoms with E-state index in [1.165, 1.54) is 10.6 Å². The zero-order valence-electron chi connectivity index (χ0n) is 10.4. The second-order valence-corrected chi connectivity index (χ2v) is 7.89. The summed E-state index contributed by atoms with van der Waals surface area (Å²) in [4.78, 5) is 13.7. The summed E-state index contributed by atoms with van der Waals surface area (Å²) in [5, 5.41) is 5.39. The highest BCUT2D eigenvalue weighted by molar-refractivity contribution is 7.88. The fraction of sp³-hybridized carbons (Fsp3) is 0.700. The summed E-state index contributed by atoms with van der Waals surface area (Å²) in [5.41, 5.74) is 0.320. The number of carbonyl (C=O) groups is 1. The van der Waals surface area contributed by atoms with E-state index in [2.05, 4.69) is 9.59 Å². The highest BCUT2D eigenvalue weighted by atomic mass is 32.2. The first-order valence-electron chi connectivity index (χ1n) is 5.91. The third-order valence-corrected chi connectivity index (χ3v) is 5.55. The van der Waals surface area contributed by atoms with Gasteiger partial charge in [-0.1, -0.05) is 4.49 Å². The molecule has 1 aromatic heterocycles. The molecule has 0 saturated carbocycles. The van der Waals surface area contributed by atoms with Crippen molar-refractivity contribution in [3.63, 3.8) is 0 Å². The normalized spacial score (nSPS) is 22.7. The summed E-state index contributed by atoms with van der Waals surface area (Å²) >= 11 is 1.15. The van der Waals surface area contributed by atoms with Crippen molar-refractivity contribution in [1.82, 2.24) is 18.8 Å². The molecule has 104 valence electrons. The molecule has 3 heterocycles. The maximum Gasteiger partial charge on any atom is 0.275 e. The number of carbonyl (C=O) groups excluding carboxylic acids is 1. The van der Waals surface area contributed by atoms with Crippen molar-refractivity contribution in [3.05, 3.63) is 11.1 Å². The molecule has 2 aliphatic rings. The molecule has 0 bridgehead atoms. The van der Waals surface area contributed by atoms with Crippen LogP contribution in [0, 0.1) is 5.41 Å². The van der Waals surface area contributed by atoms with Gasteiger partial charge >= 0.3 is 0 Å². The lowest BCUT2D eigenvalue weighted by atomic mass is 9.79. The van der Waals surface area contributed by atoms with Gasteiger partial charge in [-0.05, 0) is 18.0 Å². The molecule has 2 saturated heterocycles. The Hall–Kier alpha value is -1.06. The lowest BCUT2D eigenvalue weighted by molar-refractivity contribution is 0.0132. The van der Waals surface area contributed by atoms with Crippen LogP contribution in [-0.4, -0.2) is 65.6 Å². The molecule has 0 radical (unpaired) electrons. The molecule has 7 nitrogen and oxygen atoms in total. The molecular weight excluding hydrogens is 288 g/mol. The number of hydrogen-bond donors (Lipinski definition) is 0. The second kappa shape index (κ2) is 4.22. The second-order valence-electron chi connectivity index (χ2n) is 5.30. The van der Waals surface area contributed by atoms with Gasteiger partial charge in [0, 0.05) is 37.0 Å². The molecule has 1 spiro atoms. The average molecular weight is 302 g/mol. The van der Waals surface area contributed by atoms with Crippen molar-refractivity contribution < 1.29 is 13.2 Å². The van der Waals surface area contributed by atoms with Gasteiger partial charge in [0.1, 0.15) is 0 Å². The van der Waals surface area contributed by atoms with Crippen LogP contribution < -0.4 is 0 Å². The van der Waals surface area contributed by atoms with Crippen LogP contribution in [0.15, 0.2) is 5.38 Å². The van der Waals surface area contributed by atoms with Gasteiger partial charge in [0.05, 0.1) is 6.26 Å². The fourth-order valence-corrected chi connectivity index (χ4v) is 4.12. The van der Waals surface area contributed by atoms with Crippen LogP contribution in [0.1, 0.15) is 16.9 Å². The molecule has 0 N–H and O–H groups in total. The first-order valence-corrected chi connectivity index (χ1v) is 8.60. The Balaban J connectivity index is 1.63. The summed E-state index contributed by atoms with van der Waals surface area (Å²) in [6.45, 7) is 2.29. The first kappa shape index (κ1) is 12.9. The molecule has 2 fully saturated rings. The maximum atomic E-state index is 12.0. The number of aromatic nitrogens is 2. The Labute approximate surface area is 115 Å². The summed E-state index contributed by atoms with van der Waals surface area (Å²) in [6, 6.07) is 0. The van der Waals surface area contributed by atoms with E-state index in [9.17, 15) is 13.2 Å². The van der Waals surface area contributed by atoms with Gasteiger partial charge in [-0.3, -0.25) is 4.79 Å². The molecule has 19 heavy (non-hydrogen) atoms. The van der Waals surface area contributed by atoms with E-state index in [4.69, 9.17) is 0 Å². The number of rotatable bonds is 2. The van der Waals surface area contributed by atoms with Gasteiger partial charge in [0.25, 0.3) is 5.91 Å². The van der Waals surface area contributed by atoms with E-state index in [-0.39, 0.29) is 11.3 Å². The summed E-state index contributed by atoms with van der Waals surface area (Å²) in [6.07, 6.45) is 2.05. The standard InChI is InChI=1S/C10H14N4O3S2/c1-19(16,17)14-3-2-10(7-14)5-13(6-10)9(15)8-4-18-12-11-8/h4H,2-3,5-7H2,1H3. The molecule has 1 amide bonds. The predicted molar refractivity (Wildman–Crippen MR) is 69.3 cm³/mol. The predicted octanol–water partition coefficient (Wildman–Crippen LogP) is -0.354. The van der Waals surface area contributed by atoms with Crippen LogP contribution in [0.2, 0.25) is 0 Å². The van der Waals surface area contributed by atoms with Crippen LogP contribution in [-0.2, 0) is 10.0 Å². The first-order chi connectivity index (χ1) is 8.90. The molecule has 0 aliphatic carbocycles. The Kier molecular flexibility index (Phi) is 2.88. The van der Waals surface area contributed by atoms with E-state index < -0.39 is 10.0 Å². The number of likely N-dealkylation sites (tertiary alicyclic amines) is 1. The number of sulfonamides is 1. The van der Waals surface area contributed by atoms with E-state index in [0.29, 0.717) is 31.9 Å². The smallest absolute Gasteiger partial charge is 0.275 e. The van der Waals surface area contributed by atoms with Crippen molar-refractivity contribution >= 4 is 27.5 Å².